The number of anilines is 1. The van der Waals surface area contributed by atoms with Crippen LogP contribution in [0.3, 0.4) is 0 Å². The molecule has 0 fully saturated rings. The molecule has 0 aliphatic heterocycles. The second-order valence-corrected chi connectivity index (χ2v) is 5.22. The molecule has 14 heavy (non-hydrogen) atoms. The zero-order chi connectivity index (χ0) is 10.6. The summed E-state index contributed by atoms with van der Waals surface area (Å²) in [6.45, 7) is 1.97. The number of alkyl halides is 1. The van der Waals surface area contributed by atoms with Crippen molar-refractivity contribution in [1.29, 1.82) is 0 Å². The van der Waals surface area contributed by atoms with Gasteiger partial charge in [0.2, 0.25) is 0 Å². The molecule has 1 unspecified atom stereocenters. The zero-order valence-electron chi connectivity index (χ0n) is 7.79. The molecular weight excluding hydrogens is 358 g/mol. The van der Waals surface area contributed by atoms with Gasteiger partial charge < -0.3 is 0 Å². The van der Waals surface area contributed by atoms with Crippen molar-refractivity contribution in [2.24, 2.45) is 0 Å². The Bertz CT molecular complexity index is 330. The number of carbonyl (C=O) groups excluding carboxylic acids is 1. The second-order valence-electron chi connectivity index (χ2n) is 2.86. The molecular formula is C10H11BrNOTe. The van der Waals surface area contributed by atoms with E-state index in [2.05, 4.69) is 21.2 Å². The summed E-state index contributed by atoms with van der Waals surface area (Å²) < 4.78 is 1.09. The Kier molecular flexibility index (Phi) is 4.94. The van der Waals surface area contributed by atoms with Crippen molar-refractivity contribution in [3.05, 3.63) is 24.3 Å². The van der Waals surface area contributed by atoms with E-state index in [-0.39, 0.29) is 10.7 Å². The first-order valence-electron chi connectivity index (χ1n) is 4.36. The molecule has 1 atom stereocenters. The third-order valence-corrected chi connectivity index (χ3v) is 3.87. The summed E-state index contributed by atoms with van der Waals surface area (Å²) in [7, 11) is 0. The maximum atomic E-state index is 11.5. The Labute approximate surface area is 105 Å². The number of carbonyl (C=O) groups is 1. The van der Waals surface area contributed by atoms with Gasteiger partial charge in [-0.05, 0) is 0 Å². The van der Waals surface area contributed by atoms with Crippen molar-refractivity contribution in [3.63, 3.8) is 0 Å². The third-order valence-electron chi connectivity index (χ3n) is 1.79. The molecule has 1 N–H and O–H groups in total. The van der Waals surface area contributed by atoms with Crippen molar-refractivity contribution < 1.29 is 4.79 Å². The summed E-state index contributed by atoms with van der Waals surface area (Å²) in [5, 5.41) is 2.88. The minimum absolute atomic E-state index is 0.0172. The summed E-state index contributed by atoms with van der Waals surface area (Å²) >= 11 is 5.22. The van der Waals surface area contributed by atoms with Gasteiger partial charge in [0.15, 0.2) is 0 Å². The number of nitrogens with one attached hydrogen (secondary N) is 1. The van der Waals surface area contributed by atoms with Gasteiger partial charge in [0, 0.05) is 0 Å². The van der Waals surface area contributed by atoms with E-state index in [0.29, 0.717) is 0 Å². The number of benzene rings is 1. The Hall–Kier alpha value is -0.0404. The van der Waals surface area contributed by atoms with Crippen LogP contribution >= 0.6 is 15.9 Å². The fraction of sp³-hybridized carbons (Fsp3) is 0.300. The van der Waals surface area contributed by atoms with E-state index >= 15 is 0 Å². The van der Waals surface area contributed by atoms with Gasteiger partial charge in [-0.2, -0.15) is 0 Å². The Balaban J connectivity index is 2.70. The summed E-state index contributed by atoms with van der Waals surface area (Å²) in [6, 6.07) is 7.76. The van der Waals surface area contributed by atoms with Crippen LogP contribution in [0, 0.1) is 0 Å². The van der Waals surface area contributed by atoms with Gasteiger partial charge in [0.25, 0.3) is 0 Å². The number of amides is 1. The molecule has 0 aliphatic rings. The Morgan fingerprint density at radius 2 is 2.21 bits per heavy atom. The number of hydrogen-bond acceptors (Lipinski definition) is 1. The van der Waals surface area contributed by atoms with E-state index < -0.39 is 0 Å². The van der Waals surface area contributed by atoms with Crippen LogP contribution in [0.2, 0.25) is 0 Å². The predicted molar refractivity (Wildman–Crippen MR) is 63.5 cm³/mol. The number of para-hydroxylation sites is 1. The molecule has 0 heterocycles. The first-order valence-corrected chi connectivity index (χ1v) is 6.44. The van der Waals surface area contributed by atoms with E-state index in [9.17, 15) is 4.79 Å². The minimum atomic E-state index is -0.108. The zero-order valence-corrected chi connectivity index (χ0v) is 11.7. The van der Waals surface area contributed by atoms with Gasteiger partial charge in [-0.3, -0.25) is 0 Å². The molecule has 0 bridgehead atoms. The van der Waals surface area contributed by atoms with E-state index in [1.165, 1.54) is 0 Å². The molecule has 0 aromatic heterocycles. The molecule has 0 saturated carbocycles. The van der Waals surface area contributed by atoms with Crippen molar-refractivity contribution in [2.45, 2.75) is 18.2 Å². The molecule has 0 spiro atoms. The van der Waals surface area contributed by atoms with Gasteiger partial charge in [0.05, 0.1) is 0 Å². The van der Waals surface area contributed by atoms with Gasteiger partial charge in [-0.15, -0.1) is 0 Å². The van der Waals surface area contributed by atoms with E-state index in [1.54, 1.807) is 0 Å². The van der Waals surface area contributed by atoms with Crippen LogP contribution in [0.15, 0.2) is 24.3 Å². The SMILES string of the molecule is CCC(Br)C(=O)Nc1ccccc1[Te]. The summed E-state index contributed by atoms with van der Waals surface area (Å²) in [5.74, 6) is 0.0172. The second kappa shape index (κ2) is 5.75. The van der Waals surface area contributed by atoms with Crippen LogP contribution in [0.1, 0.15) is 13.3 Å². The third kappa shape index (κ3) is 3.27. The Morgan fingerprint density at radius 3 is 2.79 bits per heavy atom. The molecule has 1 aromatic carbocycles. The topological polar surface area (TPSA) is 29.1 Å². The monoisotopic (exact) mass is 370 g/mol. The van der Waals surface area contributed by atoms with Crippen LogP contribution < -0.4 is 8.93 Å². The van der Waals surface area contributed by atoms with Crippen molar-refractivity contribution in [2.75, 3.05) is 5.32 Å². The fourth-order valence-electron chi connectivity index (χ4n) is 0.966. The van der Waals surface area contributed by atoms with Crippen LogP contribution in [-0.4, -0.2) is 33.0 Å². The molecule has 1 aromatic rings. The van der Waals surface area contributed by atoms with Gasteiger partial charge in [0.1, 0.15) is 0 Å². The van der Waals surface area contributed by atoms with E-state index in [0.717, 1.165) is 15.7 Å². The summed E-state index contributed by atoms with van der Waals surface area (Å²) in [5.41, 5.74) is 0.889. The number of halogens is 1. The maximum absolute atomic E-state index is 11.5. The van der Waals surface area contributed by atoms with Crippen LogP contribution in [0.25, 0.3) is 0 Å². The standard InChI is InChI=1S/C10H11BrNOTe/c1-2-7(11)10(13)12-8-5-3-4-6-9(8)14/h3-7H,2H2,1H3,(H,12,13). The van der Waals surface area contributed by atoms with E-state index in [4.69, 9.17) is 0 Å². The predicted octanol–water partition coefficient (Wildman–Crippen LogP) is 1.59. The molecule has 0 saturated heterocycles. The average molecular weight is 369 g/mol. The van der Waals surface area contributed by atoms with Crippen molar-refractivity contribution in [3.8, 4) is 0 Å². The molecule has 75 valence electrons. The molecule has 2 nitrogen and oxygen atoms in total. The summed E-state index contributed by atoms with van der Waals surface area (Å²) in [4.78, 5) is 11.4. The van der Waals surface area contributed by atoms with Crippen LogP contribution in [0.4, 0.5) is 5.69 Å². The number of hydrogen-bond donors (Lipinski definition) is 1. The van der Waals surface area contributed by atoms with Crippen molar-refractivity contribution >= 4 is 53.4 Å². The molecule has 4 heteroatoms. The molecule has 1 radical (unpaired) electrons. The normalized spacial score (nSPS) is 12.1. The first kappa shape index (κ1) is 12.0. The van der Waals surface area contributed by atoms with Crippen molar-refractivity contribution in [1.82, 2.24) is 0 Å². The van der Waals surface area contributed by atoms with E-state index in [1.807, 2.05) is 53.5 Å². The molecule has 1 amide bonds. The van der Waals surface area contributed by atoms with Crippen LogP contribution in [0.5, 0.6) is 0 Å². The number of rotatable bonds is 3. The first-order chi connectivity index (χ1) is 6.65. The van der Waals surface area contributed by atoms with Crippen LogP contribution in [-0.2, 0) is 4.79 Å². The van der Waals surface area contributed by atoms with Gasteiger partial charge >= 0.3 is 106 Å². The van der Waals surface area contributed by atoms with Gasteiger partial charge in [-0.25, -0.2) is 0 Å². The fourth-order valence-corrected chi connectivity index (χ4v) is 1.64. The summed E-state index contributed by atoms with van der Waals surface area (Å²) in [6.07, 6.45) is 0.790. The average Bonchev–Trinajstić information content (AvgIpc) is 2.20. The molecule has 0 aliphatic carbocycles. The van der Waals surface area contributed by atoms with Gasteiger partial charge in [-0.1, -0.05) is 0 Å². The quantitative estimate of drug-likeness (QED) is 0.637. The Morgan fingerprint density at radius 1 is 1.57 bits per heavy atom. The molecule has 1 rings (SSSR count).